The number of hydrogen-bond donors (Lipinski definition) is 0. The molecule has 0 saturated carbocycles. The number of aromatic nitrogens is 3. The van der Waals surface area contributed by atoms with Crippen molar-refractivity contribution in [1.29, 1.82) is 0 Å². The van der Waals surface area contributed by atoms with Crippen molar-refractivity contribution in [2.24, 2.45) is 0 Å². The normalized spacial score (nSPS) is 11.1. The molecule has 0 unspecified atom stereocenters. The zero-order chi connectivity index (χ0) is 19.6. The molecule has 0 saturated heterocycles. The highest BCUT2D eigenvalue weighted by molar-refractivity contribution is 7.13. The van der Waals surface area contributed by atoms with Crippen molar-refractivity contribution in [2.45, 2.75) is 13.5 Å². The summed E-state index contributed by atoms with van der Waals surface area (Å²) in [6, 6.07) is 24.4. The van der Waals surface area contributed by atoms with Gasteiger partial charge in [-0.1, -0.05) is 60.7 Å². The molecule has 0 bridgehead atoms. The van der Waals surface area contributed by atoms with Crippen LogP contribution in [0.15, 0.2) is 84.4 Å². The standard InChI is InChI=1S/C24H19N3OS/c1-17-23(24-25-21(16-29-24)19-10-6-3-7-11-19)22-14-20(12-13-27(22)26-17)28-15-18-8-4-2-5-9-18/h2-14,16H,15H2,1H3. The molecule has 0 amide bonds. The van der Waals surface area contributed by atoms with Gasteiger partial charge in [-0.2, -0.15) is 5.10 Å². The van der Waals surface area contributed by atoms with E-state index < -0.39 is 0 Å². The summed E-state index contributed by atoms with van der Waals surface area (Å²) < 4.78 is 7.91. The molecule has 0 aliphatic heterocycles. The largest absolute Gasteiger partial charge is 0.489 e. The molecule has 0 aliphatic carbocycles. The second-order valence-corrected chi connectivity index (χ2v) is 7.69. The van der Waals surface area contributed by atoms with E-state index in [1.807, 2.05) is 66.2 Å². The monoisotopic (exact) mass is 397 g/mol. The fraction of sp³-hybridized carbons (Fsp3) is 0.0833. The van der Waals surface area contributed by atoms with Crippen LogP contribution < -0.4 is 4.74 Å². The van der Waals surface area contributed by atoms with Crippen LogP contribution in [0.4, 0.5) is 0 Å². The summed E-state index contributed by atoms with van der Waals surface area (Å²) in [5.41, 5.74) is 6.27. The molecule has 0 fully saturated rings. The third kappa shape index (κ3) is 3.52. The molecule has 0 spiro atoms. The SMILES string of the molecule is Cc1nn2ccc(OCc3ccccc3)cc2c1-c1nc(-c2ccccc2)cs1. The highest BCUT2D eigenvalue weighted by Crippen LogP contribution is 2.34. The topological polar surface area (TPSA) is 39.4 Å². The quantitative estimate of drug-likeness (QED) is 0.364. The minimum atomic E-state index is 0.537. The van der Waals surface area contributed by atoms with E-state index in [1.54, 1.807) is 11.3 Å². The number of fused-ring (bicyclic) bond motifs is 1. The lowest BCUT2D eigenvalue weighted by Gasteiger charge is -2.07. The maximum absolute atomic E-state index is 6.02. The Hall–Kier alpha value is -3.44. The molecule has 0 N–H and O–H groups in total. The highest BCUT2D eigenvalue weighted by Gasteiger charge is 2.16. The van der Waals surface area contributed by atoms with Gasteiger partial charge in [0.15, 0.2) is 0 Å². The van der Waals surface area contributed by atoms with Gasteiger partial charge < -0.3 is 4.74 Å². The van der Waals surface area contributed by atoms with Crippen LogP contribution in [0.1, 0.15) is 11.3 Å². The van der Waals surface area contributed by atoms with Crippen molar-refractivity contribution in [3.05, 3.63) is 95.6 Å². The van der Waals surface area contributed by atoms with E-state index in [-0.39, 0.29) is 0 Å². The van der Waals surface area contributed by atoms with Gasteiger partial charge in [-0.3, -0.25) is 0 Å². The van der Waals surface area contributed by atoms with Crippen LogP contribution in [0.25, 0.3) is 27.3 Å². The summed E-state index contributed by atoms with van der Waals surface area (Å²) in [4.78, 5) is 4.88. The lowest BCUT2D eigenvalue weighted by atomic mass is 10.2. The molecule has 3 heterocycles. The Morgan fingerprint density at radius 3 is 2.52 bits per heavy atom. The van der Waals surface area contributed by atoms with Gasteiger partial charge >= 0.3 is 0 Å². The first-order valence-corrected chi connectivity index (χ1v) is 10.3. The third-order valence-electron chi connectivity index (χ3n) is 4.82. The van der Waals surface area contributed by atoms with Crippen molar-refractivity contribution >= 4 is 16.9 Å². The maximum atomic E-state index is 6.02. The van der Waals surface area contributed by atoms with Gasteiger partial charge in [0.05, 0.1) is 22.5 Å². The third-order valence-corrected chi connectivity index (χ3v) is 5.68. The Bertz CT molecular complexity index is 1260. The molecule has 3 aromatic heterocycles. The van der Waals surface area contributed by atoms with Crippen molar-refractivity contribution in [3.8, 4) is 27.6 Å². The summed E-state index contributed by atoms with van der Waals surface area (Å²) in [5.74, 6) is 0.822. The van der Waals surface area contributed by atoms with Crippen molar-refractivity contribution in [2.75, 3.05) is 0 Å². The van der Waals surface area contributed by atoms with Crippen molar-refractivity contribution in [3.63, 3.8) is 0 Å². The van der Waals surface area contributed by atoms with Crippen LogP contribution in [0.2, 0.25) is 0 Å². The molecular weight excluding hydrogens is 378 g/mol. The lowest BCUT2D eigenvalue weighted by molar-refractivity contribution is 0.306. The first-order chi connectivity index (χ1) is 14.3. The van der Waals surface area contributed by atoms with Crippen LogP contribution in [-0.4, -0.2) is 14.6 Å². The molecule has 5 heteroatoms. The molecule has 4 nitrogen and oxygen atoms in total. The Morgan fingerprint density at radius 2 is 1.72 bits per heavy atom. The Kier molecular flexibility index (Phi) is 4.58. The fourth-order valence-corrected chi connectivity index (χ4v) is 4.30. The first kappa shape index (κ1) is 17.6. The molecule has 2 aromatic carbocycles. The van der Waals surface area contributed by atoms with Gasteiger partial charge in [-0.05, 0) is 18.6 Å². The number of benzene rings is 2. The van der Waals surface area contributed by atoms with E-state index in [9.17, 15) is 0 Å². The summed E-state index contributed by atoms with van der Waals surface area (Å²) in [6.07, 6.45) is 1.94. The van der Waals surface area contributed by atoms with Crippen LogP contribution in [0.5, 0.6) is 5.75 Å². The number of rotatable bonds is 5. The van der Waals surface area contributed by atoms with Gasteiger partial charge in [0, 0.05) is 23.2 Å². The van der Waals surface area contributed by atoms with Gasteiger partial charge in [-0.15, -0.1) is 11.3 Å². The minimum Gasteiger partial charge on any atom is -0.489 e. The molecule has 5 aromatic rings. The van der Waals surface area contributed by atoms with Gasteiger partial charge in [0.25, 0.3) is 0 Å². The Labute approximate surface area is 173 Å². The lowest BCUT2D eigenvalue weighted by Crippen LogP contribution is -1.96. The zero-order valence-electron chi connectivity index (χ0n) is 15.9. The predicted molar refractivity (Wildman–Crippen MR) is 117 cm³/mol. The average Bonchev–Trinajstić information content (AvgIpc) is 3.37. The maximum Gasteiger partial charge on any atom is 0.128 e. The van der Waals surface area contributed by atoms with E-state index >= 15 is 0 Å². The molecule has 0 atom stereocenters. The smallest absolute Gasteiger partial charge is 0.128 e. The van der Waals surface area contributed by atoms with Crippen LogP contribution in [0, 0.1) is 6.92 Å². The summed E-state index contributed by atoms with van der Waals surface area (Å²) in [5, 5.41) is 7.73. The van der Waals surface area contributed by atoms with E-state index in [0.717, 1.165) is 44.4 Å². The Morgan fingerprint density at radius 1 is 0.966 bits per heavy atom. The van der Waals surface area contributed by atoms with Crippen LogP contribution in [0.3, 0.4) is 0 Å². The second-order valence-electron chi connectivity index (χ2n) is 6.83. The van der Waals surface area contributed by atoms with E-state index in [2.05, 4.69) is 34.7 Å². The van der Waals surface area contributed by atoms with E-state index in [1.165, 1.54) is 0 Å². The van der Waals surface area contributed by atoms with E-state index in [0.29, 0.717) is 6.61 Å². The molecule has 29 heavy (non-hydrogen) atoms. The zero-order valence-corrected chi connectivity index (χ0v) is 16.8. The molecule has 142 valence electrons. The highest BCUT2D eigenvalue weighted by atomic mass is 32.1. The fourth-order valence-electron chi connectivity index (χ4n) is 3.37. The predicted octanol–water partition coefficient (Wildman–Crippen LogP) is 6.01. The van der Waals surface area contributed by atoms with Crippen molar-refractivity contribution in [1.82, 2.24) is 14.6 Å². The molecular formula is C24H19N3OS. The van der Waals surface area contributed by atoms with Crippen LogP contribution in [-0.2, 0) is 6.61 Å². The summed E-state index contributed by atoms with van der Waals surface area (Å²) in [7, 11) is 0. The number of aryl methyl sites for hydroxylation is 1. The van der Waals surface area contributed by atoms with Gasteiger partial charge in [-0.25, -0.2) is 9.50 Å². The van der Waals surface area contributed by atoms with Crippen molar-refractivity contribution < 1.29 is 4.74 Å². The second kappa shape index (κ2) is 7.53. The molecule has 0 aliphatic rings. The average molecular weight is 398 g/mol. The first-order valence-electron chi connectivity index (χ1n) is 9.45. The molecule has 0 radical (unpaired) electrons. The summed E-state index contributed by atoms with van der Waals surface area (Å²) >= 11 is 1.64. The number of nitrogens with zero attached hydrogens (tertiary/aromatic N) is 3. The van der Waals surface area contributed by atoms with Crippen LogP contribution >= 0.6 is 11.3 Å². The van der Waals surface area contributed by atoms with Gasteiger partial charge in [0.2, 0.25) is 0 Å². The minimum absolute atomic E-state index is 0.537. The van der Waals surface area contributed by atoms with E-state index in [4.69, 9.17) is 9.72 Å². The number of ether oxygens (including phenoxy) is 1. The van der Waals surface area contributed by atoms with Gasteiger partial charge in [0.1, 0.15) is 17.4 Å². The summed E-state index contributed by atoms with van der Waals surface area (Å²) in [6.45, 7) is 2.56. The number of thiazole rings is 1. The molecule has 5 rings (SSSR count). The number of pyridine rings is 1. The Balaban J connectivity index is 1.49. The number of hydrogen-bond acceptors (Lipinski definition) is 4.